The molecule has 0 aromatic carbocycles. The normalized spacial score (nSPS) is 34.9. The summed E-state index contributed by atoms with van der Waals surface area (Å²) in [5, 5.41) is 6.77. The van der Waals surface area contributed by atoms with Gasteiger partial charge in [0.1, 0.15) is 0 Å². The second-order valence-corrected chi connectivity index (χ2v) is 6.17. The monoisotopic (exact) mass is 251 g/mol. The molecule has 0 radical (unpaired) electrons. The molecule has 2 unspecified atom stereocenters. The molecule has 2 heterocycles. The highest BCUT2D eigenvalue weighted by Crippen LogP contribution is 2.29. The van der Waals surface area contributed by atoms with Crippen molar-refractivity contribution in [2.45, 2.75) is 69.6 Å². The summed E-state index contributed by atoms with van der Waals surface area (Å²) in [5.74, 6) is 0.227. The number of hydrogen-bond acceptors (Lipinski definition) is 3. The van der Waals surface area contributed by atoms with Crippen molar-refractivity contribution in [2.75, 3.05) is 13.1 Å². The fourth-order valence-electron chi connectivity index (χ4n) is 3.51. The van der Waals surface area contributed by atoms with E-state index in [0.717, 1.165) is 6.54 Å². The van der Waals surface area contributed by atoms with E-state index in [1.807, 2.05) is 0 Å². The molecule has 2 aliphatic heterocycles. The number of rotatable bonds is 5. The van der Waals surface area contributed by atoms with E-state index in [2.05, 4.69) is 22.5 Å². The number of fused-ring (bicyclic) bond motifs is 2. The van der Waals surface area contributed by atoms with E-state index >= 15 is 0 Å². The molecule has 1 aliphatic carbocycles. The second kappa shape index (κ2) is 5.17. The predicted octanol–water partition coefficient (Wildman–Crippen LogP) is 0.870. The third kappa shape index (κ3) is 2.86. The number of nitrogens with zero attached hydrogens (tertiary/aromatic N) is 1. The van der Waals surface area contributed by atoms with E-state index in [-0.39, 0.29) is 5.91 Å². The number of hydrogen-bond donors (Lipinski definition) is 2. The molecule has 3 aliphatic rings. The molecule has 1 amide bonds. The van der Waals surface area contributed by atoms with Crippen molar-refractivity contribution in [3.05, 3.63) is 0 Å². The van der Waals surface area contributed by atoms with Gasteiger partial charge >= 0.3 is 0 Å². The van der Waals surface area contributed by atoms with E-state index in [0.29, 0.717) is 30.7 Å². The molecule has 1 saturated carbocycles. The Hall–Kier alpha value is -0.610. The summed E-state index contributed by atoms with van der Waals surface area (Å²) in [7, 11) is 0. The number of carbonyl (C=O) groups is 1. The van der Waals surface area contributed by atoms with Crippen molar-refractivity contribution < 1.29 is 4.79 Å². The van der Waals surface area contributed by atoms with Gasteiger partial charge in [-0.3, -0.25) is 9.69 Å². The standard InChI is InChI=1S/C14H25N3O/c1-2-17(9-14(18)16-10-3-4-10)13-7-11-5-6-12(8-13)15-11/h10-13,15H,2-9H2,1H3,(H,16,18). The molecular formula is C14H25N3O. The van der Waals surface area contributed by atoms with Crippen molar-refractivity contribution in [3.63, 3.8) is 0 Å². The van der Waals surface area contributed by atoms with Crippen LogP contribution in [0, 0.1) is 0 Å². The predicted molar refractivity (Wildman–Crippen MR) is 71.4 cm³/mol. The van der Waals surface area contributed by atoms with E-state index in [1.54, 1.807) is 0 Å². The van der Waals surface area contributed by atoms with Gasteiger partial charge in [-0.2, -0.15) is 0 Å². The highest BCUT2D eigenvalue weighted by atomic mass is 16.2. The second-order valence-electron chi connectivity index (χ2n) is 6.17. The van der Waals surface area contributed by atoms with Crippen molar-refractivity contribution in [3.8, 4) is 0 Å². The fourth-order valence-corrected chi connectivity index (χ4v) is 3.51. The first-order chi connectivity index (χ1) is 8.74. The van der Waals surface area contributed by atoms with Crippen LogP contribution in [-0.2, 0) is 4.79 Å². The Morgan fingerprint density at radius 1 is 1.22 bits per heavy atom. The SMILES string of the molecule is CCN(CC(=O)NC1CC1)C1CC2CCC(C1)N2. The van der Waals surface area contributed by atoms with Gasteiger partial charge in [-0.05, 0) is 45.1 Å². The topological polar surface area (TPSA) is 44.4 Å². The van der Waals surface area contributed by atoms with Gasteiger partial charge < -0.3 is 10.6 Å². The Balaban J connectivity index is 1.52. The summed E-state index contributed by atoms with van der Waals surface area (Å²) < 4.78 is 0. The van der Waals surface area contributed by atoms with Crippen molar-refractivity contribution in [2.24, 2.45) is 0 Å². The van der Waals surface area contributed by atoms with Gasteiger partial charge in [-0.15, -0.1) is 0 Å². The Bertz CT molecular complexity index is 304. The van der Waals surface area contributed by atoms with Gasteiger partial charge in [0.05, 0.1) is 6.54 Å². The van der Waals surface area contributed by atoms with E-state index in [9.17, 15) is 4.79 Å². The summed E-state index contributed by atoms with van der Waals surface area (Å²) in [6, 6.07) is 2.50. The molecule has 0 spiro atoms. The maximum absolute atomic E-state index is 11.9. The van der Waals surface area contributed by atoms with Crippen LogP contribution in [0.2, 0.25) is 0 Å². The summed E-state index contributed by atoms with van der Waals surface area (Å²) in [4.78, 5) is 14.3. The molecular weight excluding hydrogens is 226 g/mol. The van der Waals surface area contributed by atoms with E-state index in [4.69, 9.17) is 0 Å². The lowest BCUT2D eigenvalue weighted by Gasteiger charge is -2.36. The summed E-state index contributed by atoms with van der Waals surface area (Å²) >= 11 is 0. The number of carbonyl (C=O) groups excluding carboxylic acids is 1. The van der Waals surface area contributed by atoms with Gasteiger partial charge in [0.15, 0.2) is 0 Å². The summed E-state index contributed by atoms with van der Waals surface area (Å²) in [6.45, 7) is 3.76. The first-order valence-corrected chi connectivity index (χ1v) is 7.54. The van der Waals surface area contributed by atoms with Crippen LogP contribution in [0.3, 0.4) is 0 Å². The number of likely N-dealkylation sites (N-methyl/N-ethyl adjacent to an activating group) is 1. The lowest BCUT2D eigenvalue weighted by molar-refractivity contribution is -0.123. The summed E-state index contributed by atoms with van der Waals surface area (Å²) in [6.07, 6.45) is 7.45. The molecule has 4 heteroatoms. The van der Waals surface area contributed by atoms with Gasteiger partial charge in [-0.1, -0.05) is 6.92 Å². The highest BCUT2D eigenvalue weighted by molar-refractivity contribution is 5.78. The van der Waals surface area contributed by atoms with Crippen molar-refractivity contribution in [1.29, 1.82) is 0 Å². The molecule has 18 heavy (non-hydrogen) atoms. The van der Waals surface area contributed by atoms with Crippen LogP contribution in [0.5, 0.6) is 0 Å². The minimum atomic E-state index is 0.227. The maximum atomic E-state index is 11.9. The van der Waals surface area contributed by atoms with Crippen LogP contribution < -0.4 is 10.6 Å². The zero-order valence-corrected chi connectivity index (χ0v) is 11.3. The van der Waals surface area contributed by atoms with Gasteiger partial charge in [0.2, 0.25) is 5.91 Å². The molecule has 2 N–H and O–H groups in total. The lowest BCUT2D eigenvalue weighted by atomic mass is 9.98. The zero-order chi connectivity index (χ0) is 12.5. The molecule has 3 fully saturated rings. The number of piperidine rings is 1. The Kier molecular flexibility index (Phi) is 3.57. The average Bonchev–Trinajstić information content (AvgIpc) is 3.11. The van der Waals surface area contributed by atoms with Crippen LogP contribution in [0.25, 0.3) is 0 Å². The lowest BCUT2D eigenvalue weighted by Crippen LogP contribution is -2.50. The van der Waals surface area contributed by atoms with Crippen LogP contribution in [0.15, 0.2) is 0 Å². The van der Waals surface area contributed by atoms with Gasteiger partial charge in [0.25, 0.3) is 0 Å². The Labute approximate surface area is 109 Å². The Morgan fingerprint density at radius 2 is 1.89 bits per heavy atom. The first kappa shape index (κ1) is 12.4. The third-order valence-electron chi connectivity index (χ3n) is 4.66. The fraction of sp³-hybridized carbons (Fsp3) is 0.929. The minimum Gasteiger partial charge on any atom is -0.352 e. The van der Waals surface area contributed by atoms with Gasteiger partial charge in [-0.25, -0.2) is 0 Å². The average molecular weight is 251 g/mol. The smallest absolute Gasteiger partial charge is 0.234 e. The van der Waals surface area contributed by atoms with Crippen LogP contribution >= 0.6 is 0 Å². The maximum Gasteiger partial charge on any atom is 0.234 e. The molecule has 3 rings (SSSR count). The molecule has 0 aromatic heterocycles. The third-order valence-corrected chi connectivity index (χ3v) is 4.66. The number of nitrogens with one attached hydrogen (secondary N) is 2. The quantitative estimate of drug-likeness (QED) is 0.762. The first-order valence-electron chi connectivity index (χ1n) is 7.54. The van der Waals surface area contributed by atoms with E-state index in [1.165, 1.54) is 38.5 Å². The van der Waals surface area contributed by atoms with Gasteiger partial charge in [0, 0.05) is 24.2 Å². The molecule has 2 bridgehead atoms. The van der Waals surface area contributed by atoms with Crippen molar-refractivity contribution >= 4 is 5.91 Å². The molecule has 0 aromatic rings. The highest BCUT2D eigenvalue weighted by Gasteiger charge is 2.36. The molecule has 2 atom stereocenters. The van der Waals surface area contributed by atoms with Crippen LogP contribution in [0.1, 0.15) is 45.4 Å². The number of amides is 1. The van der Waals surface area contributed by atoms with Crippen LogP contribution in [-0.4, -0.2) is 48.1 Å². The zero-order valence-electron chi connectivity index (χ0n) is 11.3. The molecule has 2 saturated heterocycles. The van der Waals surface area contributed by atoms with E-state index < -0.39 is 0 Å². The molecule has 102 valence electrons. The largest absolute Gasteiger partial charge is 0.352 e. The van der Waals surface area contributed by atoms with Crippen LogP contribution in [0.4, 0.5) is 0 Å². The Morgan fingerprint density at radius 3 is 2.44 bits per heavy atom. The minimum absolute atomic E-state index is 0.227. The molecule has 4 nitrogen and oxygen atoms in total. The van der Waals surface area contributed by atoms with Crippen molar-refractivity contribution in [1.82, 2.24) is 15.5 Å². The summed E-state index contributed by atoms with van der Waals surface area (Å²) in [5.41, 5.74) is 0.